The molecule has 30 heavy (non-hydrogen) atoms. The molecule has 5 heteroatoms. The van der Waals surface area contributed by atoms with E-state index in [9.17, 15) is 4.79 Å². The number of fused-ring (bicyclic) bond motifs is 1. The van der Waals surface area contributed by atoms with Gasteiger partial charge in [-0.3, -0.25) is 14.8 Å². The van der Waals surface area contributed by atoms with Gasteiger partial charge in [-0.15, -0.1) is 0 Å². The summed E-state index contributed by atoms with van der Waals surface area (Å²) >= 11 is 0. The summed E-state index contributed by atoms with van der Waals surface area (Å²) in [6, 6.07) is 14.0. The molecule has 3 heterocycles. The van der Waals surface area contributed by atoms with Crippen LogP contribution in [0.2, 0.25) is 0 Å². The highest BCUT2D eigenvalue weighted by atomic mass is 16.5. The third-order valence-electron chi connectivity index (χ3n) is 5.78. The molecule has 5 nitrogen and oxygen atoms in total. The summed E-state index contributed by atoms with van der Waals surface area (Å²) in [6.07, 6.45) is 5.68. The Hall–Kier alpha value is -2.95. The minimum atomic E-state index is 0.0264. The van der Waals surface area contributed by atoms with Crippen molar-refractivity contribution in [3.63, 3.8) is 0 Å². The van der Waals surface area contributed by atoms with E-state index in [2.05, 4.69) is 48.9 Å². The molecule has 1 saturated heterocycles. The van der Waals surface area contributed by atoms with E-state index < -0.39 is 0 Å². The maximum Gasteiger partial charge on any atom is 0.260 e. The number of rotatable bonds is 4. The van der Waals surface area contributed by atoms with Crippen molar-refractivity contribution in [2.75, 3.05) is 19.7 Å². The molecular formula is C25H29N3O2. The van der Waals surface area contributed by atoms with Crippen LogP contribution < -0.4 is 4.74 Å². The molecule has 1 atom stereocenters. The highest BCUT2D eigenvalue weighted by Crippen LogP contribution is 2.28. The molecule has 1 aromatic carbocycles. The zero-order chi connectivity index (χ0) is 21.1. The van der Waals surface area contributed by atoms with Crippen LogP contribution >= 0.6 is 0 Å². The third-order valence-corrected chi connectivity index (χ3v) is 5.78. The van der Waals surface area contributed by atoms with Crippen molar-refractivity contribution in [3.05, 3.63) is 66.1 Å². The average molecular weight is 404 g/mol. The van der Waals surface area contributed by atoms with Gasteiger partial charge in [-0.2, -0.15) is 0 Å². The summed E-state index contributed by atoms with van der Waals surface area (Å²) in [5.74, 6) is 0.992. The Kier molecular flexibility index (Phi) is 5.71. The van der Waals surface area contributed by atoms with Gasteiger partial charge in [-0.25, -0.2) is 0 Å². The number of benzene rings is 1. The molecule has 0 saturated carbocycles. The van der Waals surface area contributed by atoms with Crippen molar-refractivity contribution < 1.29 is 9.53 Å². The topological polar surface area (TPSA) is 55.3 Å². The second kappa shape index (κ2) is 8.42. The van der Waals surface area contributed by atoms with Crippen molar-refractivity contribution in [1.82, 2.24) is 14.9 Å². The normalized spacial score (nSPS) is 17.2. The summed E-state index contributed by atoms with van der Waals surface area (Å²) in [5, 5.41) is 1.04. The molecule has 0 unspecified atom stereocenters. The van der Waals surface area contributed by atoms with Crippen molar-refractivity contribution in [3.8, 4) is 5.75 Å². The monoisotopic (exact) mass is 403 g/mol. The number of hydrogen-bond donors (Lipinski definition) is 0. The molecule has 1 amide bonds. The van der Waals surface area contributed by atoms with Crippen molar-refractivity contribution in [2.45, 2.75) is 44.9 Å². The van der Waals surface area contributed by atoms with Gasteiger partial charge in [-0.1, -0.05) is 32.9 Å². The summed E-state index contributed by atoms with van der Waals surface area (Å²) < 4.78 is 5.77. The maximum absolute atomic E-state index is 12.8. The molecule has 0 bridgehead atoms. The van der Waals surface area contributed by atoms with Crippen LogP contribution in [0.5, 0.6) is 5.75 Å². The van der Waals surface area contributed by atoms with E-state index in [0.29, 0.717) is 6.54 Å². The Morgan fingerprint density at radius 2 is 1.97 bits per heavy atom. The van der Waals surface area contributed by atoms with Crippen molar-refractivity contribution in [2.24, 2.45) is 0 Å². The number of hydrogen-bond acceptors (Lipinski definition) is 4. The fourth-order valence-electron chi connectivity index (χ4n) is 3.94. The minimum Gasteiger partial charge on any atom is -0.484 e. The maximum atomic E-state index is 12.8. The number of pyridine rings is 2. The van der Waals surface area contributed by atoms with Crippen LogP contribution in [0.25, 0.3) is 10.9 Å². The van der Waals surface area contributed by atoms with E-state index in [1.165, 1.54) is 5.56 Å². The van der Waals surface area contributed by atoms with Gasteiger partial charge in [0.2, 0.25) is 0 Å². The van der Waals surface area contributed by atoms with Gasteiger partial charge in [0.05, 0.1) is 5.52 Å². The van der Waals surface area contributed by atoms with Gasteiger partial charge in [0.15, 0.2) is 6.61 Å². The molecule has 0 aliphatic carbocycles. The second-order valence-corrected chi connectivity index (χ2v) is 9.05. The zero-order valence-electron chi connectivity index (χ0n) is 18.0. The molecule has 0 radical (unpaired) electrons. The molecule has 156 valence electrons. The van der Waals surface area contributed by atoms with Crippen LogP contribution in [0.1, 0.15) is 50.8 Å². The summed E-state index contributed by atoms with van der Waals surface area (Å²) in [5.41, 5.74) is 3.31. The minimum absolute atomic E-state index is 0.0264. The molecule has 1 aliphatic rings. The molecule has 1 fully saturated rings. The Labute approximate surface area is 178 Å². The van der Waals surface area contributed by atoms with Crippen LogP contribution in [0.3, 0.4) is 0 Å². The van der Waals surface area contributed by atoms with Gasteiger partial charge in [-0.05, 0) is 54.2 Å². The molecule has 4 rings (SSSR count). The van der Waals surface area contributed by atoms with Gasteiger partial charge >= 0.3 is 0 Å². The summed E-state index contributed by atoms with van der Waals surface area (Å²) in [7, 11) is 0. The standard InChI is InChI=1S/C25H29N3O2/c1-25(2,3)20-8-10-21(11-9-20)30-17-24(29)28-13-5-7-19(16-28)23-14-22-18(15-27-23)6-4-12-26-22/h4,6,8-12,14-15,19H,5,7,13,16-17H2,1-3H3/t19-/m1/s1. The fraction of sp³-hybridized carbons (Fsp3) is 0.400. The summed E-state index contributed by atoms with van der Waals surface area (Å²) in [4.78, 5) is 23.7. The van der Waals surface area contributed by atoms with Crippen LogP contribution in [-0.2, 0) is 10.2 Å². The molecule has 0 N–H and O–H groups in total. The first kappa shape index (κ1) is 20.3. The molecule has 2 aromatic heterocycles. The first-order chi connectivity index (χ1) is 14.4. The highest BCUT2D eigenvalue weighted by Gasteiger charge is 2.26. The smallest absolute Gasteiger partial charge is 0.260 e. The lowest BCUT2D eigenvalue weighted by molar-refractivity contribution is -0.134. The number of carbonyl (C=O) groups excluding carboxylic acids is 1. The van der Waals surface area contributed by atoms with Crippen LogP contribution in [0.15, 0.2) is 54.9 Å². The van der Waals surface area contributed by atoms with Gasteiger partial charge < -0.3 is 9.64 Å². The van der Waals surface area contributed by atoms with Crippen LogP contribution in [0, 0.1) is 0 Å². The van der Waals surface area contributed by atoms with E-state index in [4.69, 9.17) is 4.74 Å². The predicted molar refractivity (Wildman–Crippen MR) is 119 cm³/mol. The number of likely N-dealkylation sites (tertiary alicyclic amines) is 1. The van der Waals surface area contributed by atoms with E-state index in [1.807, 2.05) is 35.4 Å². The highest BCUT2D eigenvalue weighted by molar-refractivity contribution is 5.78. The number of carbonyl (C=O) groups is 1. The number of ether oxygens (including phenoxy) is 1. The van der Waals surface area contributed by atoms with Crippen molar-refractivity contribution in [1.29, 1.82) is 0 Å². The summed E-state index contributed by atoms with van der Waals surface area (Å²) in [6.45, 7) is 8.05. The number of amides is 1. The first-order valence-electron chi connectivity index (χ1n) is 10.6. The number of nitrogens with zero attached hydrogens (tertiary/aromatic N) is 3. The number of piperidine rings is 1. The average Bonchev–Trinajstić information content (AvgIpc) is 2.77. The van der Waals surface area contributed by atoms with E-state index in [0.717, 1.165) is 41.7 Å². The van der Waals surface area contributed by atoms with Crippen LogP contribution in [-0.4, -0.2) is 40.5 Å². The SMILES string of the molecule is CC(C)(C)c1ccc(OCC(=O)N2CCC[C@@H](c3cc4ncccc4cn3)C2)cc1. The van der Waals surface area contributed by atoms with Crippen molar-refractivity contribution >= 4 is 16.8 Å². The molecular weight excluding hydrogens is 374 g/mol. The number of aromatic nitrogens is 2. The van der Waals surface area contributed by atoms with Crippen LogP contribution in [0.4, 0.5) is 0 Å². The largest absolute Gasteiger partial charge is 0.484 e. The molecule has 3 aromatic rings. The van der Waals surface area contributed by atoms with E-state index in [1.54, 1.807) is 6.20 Å². The van der Waals surface area contributed by atoms with E-state index >= 15 is 0 Å². The first-order valence-corrected chi connectivity index (χ1v) is 10.6. The van der Waals surface area contributed by atoms with E-state index in [-0.39, 0.29) is 23.8 Å². The quantitative estimate of drug-likeness (QED) is 0.633. The second-order valence-electron chi connectivity index (χ2n) is 9.05. The zero-order valence-corrected chi connectivity index (χ0v) is 18.0. The third kappa shape index (κ3) is 4.61. The molecule has 1 aliphatic heterocycles. The Morgan fingerprint density at radius 3 is 2.73 bits per heavy atom. The predicted octanol–water partition coefficient (Wildman–Crippen LogP) is 4.71. The van der Waals surface area contributed by atoms with Gasteiger partial charge in [0, 0.05) is 42.5 Å². The Balaban J connectivity index is 1.37. The fourth-order valence-corrected chi connectivity index (χ4v) is 3.94. The van der Waals surface area contributed by atoms with Gasteiger partial charge in [0.25, 0.3) is 5.91 Å². The lowest BCUT2D eigenvalue weighted by Crippen LogP contribution is -2.41. The molecule has 0 spiro atoms. The Morgan fingerprint density at radius 1 is 1.17 bits per heavy atom. The Bertz CT molecular complexity index is 1020. The lowest BCUT2D eigenvalue weighted by Gasteiger charge is -2.32. The van der Waals surface area contributed by atoms with Gasteiger partial charge in [0.1, 0.15) is 5.75 Å². The lowest BCUT2D eigenvalue weighted by atomic mass is 9.87.